The molecule has 2 aromatic heterocycles. The van der Waals surface area contributed by atoms with Crippen molar-refractivity contribution in [2.45, 2.75) is 51.7 Å². The van der Waals surface area contributed by atoms with E-state index in [1.807, 2.05) is 28.8 Å². The van der Waals surface area contributed by atoms with E-state index in [1.54, 1.807) is 6.20 Å². The topological polar surface area (TPSA) is 94.5 Å². The molecule has 1 unspecified atom stereocenters. The Morgan fingerprint density at radius 1 is 1.26 bits per heavy atom. The van der Waals surface area contributed by atoms with Crippen molar-refractivity contribution in [1.29, 1.82) is 0 Å². The molecule has 3 aromatic rings. The zero-order valence-electron chi connectivity index (χ0n) is 19.8. The lowest BCUT2D eigenvalue weighted by Crippen LogP contribution is -2.28. The molecule has 0 spiro atoms. The van der Waals surface area contributed by atoms with Crippen molar-refractivity contribution >= 4 is 34.3 Å². The molecule has 8 nitrogen and oxygen atoms in total. The maximum absolute atomic E-state index is 13.0. The zero-order chi connectivity index (χ0) is 23.9. The average molecular weight is 465 g/mol. The number of hydrogen-bond donors (Lipinski definition) is 2. The molecule has 34 heavy (non-hydrogen) atoms. The number of pyridine rings is 1. The fraction of sp³-hybridized carbons (Fsp3) is 0.423. The molecule has 1 aromatic carbocycles. The van der Waals surface area contributed by atoms with Crippen LogP contribution in [0, 0.1) is 0 Å². The number of methoxy groups -OCH3 is 1. The molecule has 180 valence electrons. The molecule has 1 saturated heterocycles. The van der Waals surface area contributed by atoms with Crippen LogP contribution in [-0.4, -0.2) is 47.8 Å². The van der Waals surface area contributed by atoms with Gasteiger partial charge in [0.1, 0.15) is 11.8 Å². The number of anilines is 2. The summed E-state index contributed by atoms with van der Waals surface area (Å²) in [5, 5.41) is 7.00. The lowest BCUT2D eigenvalue weighted by Gasteiger charge is -2.13. The number of nitrogens with zero attached hydrogens (tertiary/aromatic N) is 2. The van der Waals surface area contributed by atoms with Gasteiger partial charge in [-0.15, -0.1) is 0 Å². The van der Waals surface area contributed by atoms with Crippen molar-refractivity contribution in [2.75, 3.05) is 30.9 Å². The van der Waals surface area contributed by atoms with E-state index in [2.05, 4.69) is 34.7 Å². The number of esters is 1. The number of ether oxygens (including phenoxy) is 2. The number of nitrogens with one attached hydrogen (secondary N) is 2. The van der Waals surface area contributed by atoms with Gasteiger partial charge in [-0.25, -0.2) is 9.78 Å². The van der Waals surface area contributed by atoms with Crippen LogP contribution in [-0.2, 0) is 27.2 Å². The van der Waals surface area contributed by atoms with Gasteiger partial charge in [0.15, 0.2) is 5.69 Å². The summed E-state index contributed by atoms with van der Waals surface area (Å²) in [6.45, 7) is 4.01. The number of carbonyl (C=O) groups excluding carboxylic acids is 2. The molecule has 0 radical (unpaired) electrons. The minimum Gasteiger partial charge on any atom is -0.464 e. The number of aromatic nitrogens is 2. The van der Waals surface area contributed by atoms with E-state index < -0.39 is 12.1 Å². The van der Waals surface area contributed by atoms with Crippen LogP contribution < -0.4 is 10.6 Å². The van der Waals surface area contributed by atoms with E-state index in [9.17, 15) is 9.59 Å². The summed E-state index contributed by atoms with van der Waals surface area (Å²) in [7, 11) is 1.35. The van der Waals surface area contributed by atoms with Gasteiger partial charge in [-0.2, -0.15) is 0 Å². The van der Waals surface area contributed by atoms with Crippen molar-refractivity contribution in [3.63, 3.8) is 0 Å². The summed E-state index contributed by atoms with van der Waals surface area (Å²) >= 11 is 0. The molecule has 3 heterocycles. The second-order valence-electron chi connectivity index (χ2n) is 8.47. The highest BCUT2D eigenvalue weighted by molar-refractivity contribution is 6.12. The van der Waals surface area contributed by atoms with Crippen molar-refractivity contribution in [2.24, 2.45) is 0 Å². The van der Waals surface area contributed by atoms with Gasteiger partial charge in [0.2, 0.25) is 0 Å². The molecule has 1 aliphatic rings. The summed E-state index contributed by atoms with van der Waals surface area (Å²) < 4.78 is 12.5. The number of benzene rings is 1. The van der Waals surface area contributed by atoms with Crippen LogP contribution in [0.5, 0.6) is 0 Å². The first-order valence-corrected chi connectivity index (χ1v) is 11.9. The van der Waals surface area contributed by atoms with Crippen LogP contribution in [0.2, 0.25) is 0 Å². The Balaban J connectivity index is 1.72. The maximum Gasteiger partial charge on any atom is 0.356 e. The highest BCUT2D eigenvalue weighted by Gasteiger charge is 2.29. The van der Waals surface area contributed by atoms with Crippen molar-refractivity contribution in [1.82, 2.24) is 9.55 Å². The van der Waals surface area contributed by atoms with Gasteiger partial charge in [-0.05, 0) is 43.7 Å². The number of hydrogen-bond acceptors (Lipinski definition) is 6. The highest BCUT2D eigenvalue weighted by Crippen LogP contribution is 2.33. The predicted molar refractivity (Wildman–Crippen MR) is 132 cm³/mol. The molecular formula is C26H32N4O4. The Kier molecular flexibility index (Phi) is 7.80. The fourth-order valence-corrected chi connectivity index (χ4v) is 4.32. The van der Waals surface area contributed by atoms with Crippen LogP contribution >= 0.6 is 0 Å². The van der Waals surface area contributed by atoms with Crippen molar-refractivity contribution in [3.8, 4) is 0 Å². The quantitative estimate of drug-likeness (QED) is 0.432. The largest absolute Gasteiger partial charge is 0.464 e. The molecule has 1 fully saturated rings. The average Bonchev–Trinajstić information content (AvgIpc) is 3.50. The van der Waals surface area contributed by atoms with E-state index in [0.29, 0.717) is 42.0 Å². The predicted octanol–water partition coefficient (Wildman–Crippen LogP) is 4.40. The summed E-state index contributed by atoms with van der Waals surface area (Å²) in [5.74, 6) is -0.763. The monoisotopic (exact) mass is 464 g/mol. The summed E-state index contributed by atoms with van der Waals surface area (Å²) in [5.41, 5.74) is 3.43. The molecule has 0 bridgehead atoms. The third-order valence-corrected chi connectivity index (χ3v) is 6.02. The lowest BCUT2D eigenvalue weighted by molar-refractivity contribution is -0.124. The Hall–Kier alpha value is -3.39. The minimum absolute atomic E-state index is 0.252. The Morgan fingerprint density at radius 3 is 2.79 bits per heavy atom. The molecule has 1 aliphatic heterocycles. The first-order valence-electron chi connectivity index (χ1n) is 11.9. The summed E-state index contributed by atoms with van der Waals surface area (Å²) in [4.78, 5) is 30.6. The van der Waals surface area contributed by atoms with Gasteiger partial charge < -0.3 is 24.7 Å². The molecule has 1 amide bonds. The molecule has 2 N–H and O–H groups in total. The first kappa shape index (κ1) is 23.8. The standard InChI is InChI=1S/C26H32N4O4/c1-3-13-27-19-16-20-22(29-25(31)21-12-8-15-34-21)23(26(32)33-2)30(24(20)28-17-19)14-7-11-18-9-5-4-6-10-18/h4-6,9-10,16-17,21,27H,3,7-8,11-15H2,1-2H3,(H,29,31). The van der Waals surface area contributed by atoms with Crippen LogP contribution in [0.15, 0.2) is 42.6 Å². The van der Waals surface area contributed by atoms with Crippen molar-refractivity contribution < 1.29 is 19.1 Å². The molecule has 4 rings (SSSR count). The molecule has 0 aliphatic carbocycles. The van der Waals surface area contributed by atoms with E-state index in [4.69, 9.17) is 9.47 Å². The molecule has 0 saturated carbocycles. The Bertz CT molecular complexity index is 1140. The third-order valence-electron chi connectivity index (χ3n) is 6.02. The molecule has 1 atom stereocenters. The van der Waals surface area contributed by atoms with Gasteiger partial charge in [-0.1, -0.05) is 37.3 Å². The zero-order valence-corrected chi connectivity index (χ0v) is 19.8. The fourth-order valence-electron chi connectivity index (χ4n) is 4.32. The normalized spacial score (nSPS) is 15.4. The van der Waals surface area contributed by atoms with Gasteiger partial charge in [0, 0.05) is 25.1 Å². The number of aryl methyl sites for hydroxylation is 2. The van der Waals surface area contributed by atoms with Crippen LogP contribution in [0.4, 0.5) is 11.4 Å². The Labute approximate surface area is 199 Å². The van der Waals surface area contributed by atoms with Crippen LogP contribution in [0.25, 0.3) is 11.0 Å². The lowest BCUT2D eigenvalue weighted by atomic mass is 10.1. The van der Waals surface area contributed by atoms with E-state index in [-0.39, 0.29) is 5.91 Å². The number of rotatable bonds is 10. The van der Waals surface area contributed by atoms with Gasteiger partial charge in [-0.3, -0.25) is 4.79 Å². The SMILES string of the molecule is CCCNc1cnc2c(c1)c(NC(=O)C1CCCO1)c(C(=O)OC)n2CCCc1ccccc1. The van der Waals surface area contributed by atoms with Crippen LogP contribution in [0.1, 0.15) is 48.7 Å². The molecule has 8 heteroatoms. The van der Waals surface area contributed by atoms with Gasteiger partial charge in [0.05, 0.1) is 24.7 Å². The minimum atomic E-state index is -0.517. The van der Waals surface area contributed by atoms with E-state index >= 15 is 0 Å². The number of amides is 1. The maximum atomic E-state index is 13.0. The number of carbonyl (C=O) groups is 2. The molecular weight excluding hydrogens is 432 g/mol. The van der Waals surface area contributed by atoms with Crippen molar-refractivity contribution in [3.05, 3.63) is 53.9 Å². The van der Waals surface area contributed by atoms with E-state index in [1.165, 1.54) is 12.7 Å². The van der Waals surface area contributed by atoms with Crippen LogP contribution in [0.3, 0.4) is 0 Å². The van der Waals surface area contributed by atoms with Gasteiger partial charge in [0.25, 0.3) is 5.91 Å². The second kappa shape index (κ2) is 11.2. The highest BCUT2D eigenvalue weighted by atomic mass is 16.5. The number of fused-ring (bicyclic) bond motifs is 1. The first-order chi connectivity index (χ1) is 16.6. The second-order valence-corrected chi connectivity index (χ2v) is 8.47. The third kappa shape index (κ3) is 5.22. The van der Waals surface area contributed by atoms with Gasteiger partial charge >= 0.3 is 5.97 Å². The summed E-state index contributed by atoms with van der Waals surface area (Å²) in [6, 6.07) is 12.1. The van der Waals surface area contributed by atoms with E-state index in [0.717, 1.165) is 37.9 Å². The Morgan fingerprint density at radius 2 is 2.09 bits per heavy atom. The smallest absolute Gasteiger partial charge is 0.356 e. The summed E-state index contributed by atoms with van der Waals surface area (Å²) in [6.07, 6.45) is 5.37.